The third-order valence-corrected chi connectivity index (χ3v) is 2.21. The van der Waals surface area contributed by atoms with Crippen LogP contribution in [0.25, 0.3) is 0 Å². The molecule has 1 unspecified atom stereocenters. The van der Waals surface area contributed by atoms with E-state index in [-0.39, 0.29) is 11.9 Å². The normalized spacial score (nSPS) is 12.6. The zero-order valence-corrected chi connectivity index (χ0v) is 9.55. The van der Waals surface area contributed by atoms with Gasteiger partial charge in [-0.3, -0.25) is 4.79 Å². The molecule has 0 heterocycles. The lowest BCUT2D eigenvalue weighted by atomic mass is 10.1. The van der Waals surface area contributed by atoms with Crippen LogP contribution in [0.15, 0.2) is 0 Å². The fourth-order valence-corrected chi connectivity index (χ4v) is 1.32. The van der Waals surface area contributed by atoms with Crippen molar-refractivity contribution in [3.63, 3.8) is 0 Å². The summed E-state index contributed by atoms with van der Waals surface area (Å²) in [6.45, 7) is 3.74. The van der Waals surface area contributed by atoms with E-state index in [9.17, 15) is 4.79 Å². The molecule has 0 aromatic heterocycles. The average Bonchev–Trinajstić information content (AvgIpc) is 2.17. The van der Waals surface area contributed by atoms with Gasteiger partial charge in [0.1, 0.15) is 0 Å². The molecule has 4 nitrogen and oxygen atoms in total. The van der Waals surface area contributed by atoms with E-state index >= 15 is 0 Å². The van der Waals surface area contributed by atoms with Crippen molar-refractivity contribution in [3.05, 3.63) is 0 Å². The Kier molecular flexibility index (Phi) is 7.42. The van der Waals surface area contributed by atoms with Gasteiger partial charge in [-0.05, 0) is 26.4 Å². The summed E-state index contributed by atoms with van der Waals surface area (Å²) >= 11 is 0. The van der Waals surface area contributed by atoms with Crippen molar-refractivity contribution < 1.29 is 4.79 Å². The fourth-order valence-electron chi connectivity index (χ4n) is 1.32. The second-order valence-corrected chi connectivity index (χ2v) is 3.61. The van der Waals surface area contributed by atoms with Crippen LogP contribution in [0.1, 0.15) is 26.2 Å². The van der Waals surface area contributed by atoms with Crippen LogP contribution < -0.4 is 11.1 Å². The molecule has 0 radical (unpaired) electrons. The van der Waals surface area contributed by atoms with Gasteiger partial charge in [0.2, 0.25) is 5.91 Å². The molecule has 0 spiro atoms. The third kappa shape index (κ3) is 5.19. The molecule has 4 heteroatoms. The Morgan fingerprint density at radius 1 is 1.57 bits per heavy atom. The van der Waals surface area contributed by atoms with Crippen LogP contribution in [0, 0.1) is 0 Å². The number of nitrogens with two attached hydrogens (primary N) is 1. The van der Waals surface area contributed by atoms with Gasteiger partial charge >= 0.3 is 0 Å². The van der Waals surface area contributed by atoms with Gasteiger partial charge in [0.05, 0.1) is 6.04 Å². The molecular weight excluding hydrogens is 178 g/mol. The van der Waals surface area contributed by atoms with Gasteiger partial charge in [0.15, 0.2) is 0 Å². The van der Waals surface area contributed by atoms with E-state index in [1.54, 1.807) is 4.90 Å². The number of hydrogen-bond donors (Lipinski definition) is 2. The maximum atomic E-state index is 11.6. The average molecular weight is 201 g/mol. The number of nitrogens with one attached hydrogen (secondary N) is 1. The summed E-state index contributed by atoms with van der Waals surface area (Å²) < 4.78 is 0. The van der Waals surface area contributed by atoms with Crippen LogP contribution in [0.4, 0.5) is 0 Å². The van der Waals surface area contributed by atoms with Gasteiger partial charge in [-0.15, -0.1) is 0 Å². The van der Waals surface area contributed by atoms with Crippen LogP contribution in [0.5, 0.6) is 0 Å². The van der Waals surface area contributed by atoms with Gasteiger partial charge in [0.25, 0.3) is 0 Å². The lowest BCUT2D eigenvalue weighted by Gasteiger charge is -2.20. The molecule has 0 aliphatic rings. The first-order valence-electron chi connectivity index (χ1n) is 5.28. The molecule has 14 heavy (non-hydrogen) atoms. The van der Waals surface area contributed by atoms with E-state index in [0.29, 0.717) is 0 Å². The maximum Gasteiger partial charge on any atom is 0.239 e. The predicted molar refractivity (Wildman–Crippen MR) is 59.1 cm³/mol. The number of likely N-dealkylation sites (N-methyl/N-ethyl adjacent to an activating group) is 1. The molecule has 3 N–H and O–H groups in total. The predicted octanol–water partition coefficient (Wildman–Crippen LogP) is 0.182. The Morgan fingerprint density at radius 3 is 2.71 bits per heavy atom. The van der Waals surface area contributed by atoms with Gasteiger partial charge in [-0.25, -0.2) is 0 Å². The Hall–Kier alpha value is -0.610. The first-order valence-corrected chi connectivity index (χ1v) is 5.28. The Bertz CT molecular complexity index is 161. The van der Waals surface area contributed by atoms with Crippen LogP contribution in [-0.2, 0) is 4.79 Å². The lowest BCUT2D eigenvalue weighted by Crippen LogP contribution is -2.42. The van der Waals surface area contributed by atoms with Crippen LogP contribution in [-0.4, -0.2) is 44.0 Å². The summed E-state index contributed by atoms with van der Waals surface area (Å²) in [4.78, 5) is 13.3. The number of carbonyl (C=O) groups is 1. The molecule has 0 saturated carbocycles. The van der Waals surface area contributed by atoms with Crippen molar-refractivity contribution in [1.29, 1.82) is 0 Å². The molecule has 1 atom stereocenters. The van der Waals surface area contributed by atoms with Crippen LogP contribution >= 0.6 is 0 Å². The first kappa shape index (κ1) is 13.4. The highest BCUT2D eigenvalue weighted by Crippen LogP contribution is 1.98. The SMILES string of the molecule is CCCC(N)C(=O)N(C)CCCNC. The highest BCUT2D eigenvalue weighted by atomic mass is 16.2. The largest absolute Gasteiger partial charge is 0.344 e. The maximum absolute atomic E-state index is 11.6. The molecule has 0 bridgehead atoms. The molecule has 0 aliphatic heterocycles. The summed E-state index contributed by atoms with van der Waals surface area (Å²) in [6, 6.07) is -0.320. The van der Waals surface area contributed by atoms with Crippen molar-refractivity contribution in [2.24, 2.45) is 5.73 Å². The van der Waals surface area contributed by atoms with Crippen molar-refractivity contribution >= 4 is 5.91 Å². The molecule has 0 saturated heterocycles. The number of nitrogens with zero attached hydrogens (tertiary/aromatic N) is 1. The minimum atomic E-state index is -0.320. The number of amides is 1. The van der Waals surface area contributed by atoms with Crippen molar-refractivity contribution in [3.8, 4) is 0 Å². The van der Waals surface area contributed by atoms with E-state index in [1.165, 1.54) is 0 Å². The molecule has 0 aliphatic carbocycles. The minimum absolute atomic E-state index is 0.0583. The van der Waals surface area contributed by atoms with Gasteiger partial charge in [-0.1, -0.05) is 13.3 Å². The van der Waals surface area contributed by atoms with E-state index < -0.39 is 0 Å². The zero-order valence-electron chi connectivity index (χ0n) is 9.55. The quantitative estimate of drug-likeness (QED) is 0.578. The number of carbonyl (C=O) groups excluding carboxylic acids is 1. The zero-order chi connectivity index (χ0) is 11.0. The first-order chi connectivity index (χ1) is 6.63. The molecule has 0 fully saturated rings. The Morgan fingerprint density at radius 2 is 2.21 bits per heavy atom. The summed E-state index contributed by atoms with van der Waals surface area (Å²) in [5, 5.41) is 3.05. The molecule has 0 aromatic carbocycles. The topological polar surface area (TPSA) is 58.4 Å². The summed E-state index contributed by atoms with van der Waals surface area (Å²) in [7, 11) is 3.72. The van der Waals surface area contributed by atoms with Crippen LogP contribution in [0.2, 0.25) is 0 Å². The highest BCUT2D eigenvalue weighted by molar-refractivity contribution is 5.81. The molecule has 0 aromatic rings. The monoisotopic (exact) mass is 201 g/mol. The Balaban J connectivity index is 3.74. The third-order valence-electron chi connectivity index (χ3n) is 2.21. The van der Waals surface area contributed by atoms with Crippen molar-refractivity contribution in [2.75, 3.05) is 27.2 Å². The minimum Gasteiger partial charge on any atom is -0.344 e. The standard InChI is InChI=1S/C10H23N3O/c1-4-6-9(11)10(14)13(3)8-5-7-12-2/h9,12H,4-8,11H2,1-3H3. The van der Waals surface area contributed by atoms with E-state index in [0.717, 1.165) is 32.4 Å². The van der Waals surface area contributed by atoms with Gasteiger partial charge < -0.3 is 16.0 Å². The summed E-state index contributed by atoms with van der Waals surface area (Å²) in [5.74, 6) is 0.0583. The Labute approximate surface area is 86.8 Å². The summed E-state index contributed by atoms with van der Waals surface area (Å²) in [6.07, 6.45) is 2.70. The number of hydrogen-bond acceptors (Lipinski definition) is 3. The second kappa shape index (κ2) is 7.76. The molecular formula is C10H23N3O. The van der Waals surface area contributed by atoms with Crippen LogP contribution in [0.3, 0.4) is 0 Å². The van der Waals surface area contributed by atoms with E-state index in [4.69, 9.17) is 5.73 Å². The molecule has 84 valence electrons. The van der Waals surface area contributed by atoms with E-state index in [2.05, 4.69) is 5.32 Å². The molecule has 0 rings (SSSR count). The van der Waals surface area contributed by atoms with E-state index in [1.807, 2.05) is 21.0 Å². The fraction of sp³-hybridized carbons (Fsp3) is 0.900. The second-order valence-electron chi connectivity index (χ2n) is 3.61. The number of rotatable bonds is 7. The highest BCUT2D eigenvalue weighted by Gasteiger charge is 2.15. The molecule has 1 amide bonds. The smallest absolute Gasteiger partial charge is 0.239 e. The van der Waals surface area contributed by atoms with Gasteiger partial charge in [0, 0.05) is 13.6 Å². The van der Waals surface area contributed by atoms with Crippen molar-refractivity contribution in [1.82, 2.24) is 10.2 Å². The summed E-state index contributed by atoms with van der Waals surface area (Å²) in [5.41, 5.74) is 5.73. The lowest BCUT2D eigenvalue weighted by molar-refractivity contribution is -0.131. The van der Waals surface area contributed by atoms with Gasteiger partial charge in [-0.2, -0.15) is 0 Å². The van der Waals surface area contributed by atoms with Crippen molar-refractivity contribution in [2.45, 2.75) is 32.2 Å².